The maximum atomic E-state index is 11.7. The van der Waals surface area contributed by atoms with Crippen molar-refractivity contribution in [3.63, 3.8) is 0 Å². The van der Waals surface area contributed by atoms with Gasteiger partial charge in [-0.3, -0.25) is 4.79 Å². The third kappa shape index (κ3) is 4.80. The molecule has 0 radical (unpaired) electrons. The minimum atomic E-state index is -1.07. The Hall–Kier alpha value is -1.99. The summed E-state index contributed by atoms with van der Waals surface area (Å²) in [5.74, 6) is -1.33. The monoisotopic (exact) mass is 366 g/mol. The standard InChI is InChI=1S/C14H11BrN2O3S/c15-10-3-1-2-9(6-10)4-5-12(18)16-7-13-17-11(8-21-13)14(19)20/h1-6,8H,7H2,(H,16,18)(H,19,20). The van der Waals surface area contributed by atoms with Crippen LogP contribution in [0.2, 0.25) is 0 Å². The smallest absolute Gasteiger partial charge is 0.355 e. The first-order valence-electron chi connectivity index (χ1n) is 5.94. The Morgan fingerprint density at radius 2 is 2.24 bits per heavy atom. The summed E-state index contributed by atoms with van der Waals surface area (Å²) < 4.78 is 0.939. The Kier molecular flexibility index (Phi) is 5.24. The summed E-state index contributed by atoms with van der Waals surface area (Å²) in [7, 11) is 0. The van der Waals surface area contributed by atoms with Gasteiger partial charge in [-0.1, -0.05) is 28.1 Å². The van der Waals surface area contributed by atoms with Crippen LogP contribution in [0.1, 0.15) is 21.1 Å². The molecular weight excluding hydrogens is 356 g/mol. The molecule has 7 heteroatoms. The number of carbonyl (C=O) groups is 2. The summed E-state index contributed by atoms with van der Waals surface area (Å²) >= 11 is 4.55. The number of hydrogen-bond acceptors (Lipinski definition) is 4. The van der Waals surface area contributed by atoms with Gasteiger partial charge in [0.25, 0.3) is 0 Å². The second kappa shape index (κ2) is 7.14. The number of halogens is 1. The molecule has 0 unspecified atom stereocenters. The van der Waals surface area contributed by atoms with Crippen LogP contribution in [-0.4, -0.2) is 22.0 Å². The number of carboxylic acid groups (broad SMARTS) is 1. The number of nitrogens with one attached hydrogen (secondary N) is 1. The molecule has 2 aromatic rings. The van der Waals surface area contributed by atoms with E-state index in [-0.39, 0.29) is 18.1 Å². The first-order chi connectivity index (χ1) is 10.0. The molecule has 1 aromatic heterocycles. The molecule has 5 nitrogen and oxygen atoms in total. The largest absolute Gasteiger partial charge is 0.476 e. The highest BCUT2D eigenvalue weighted by Crippen LogP contribution is 2.13. The quantitative estimate of drug-likeness (QED) is 0.797. The van der Waals surface area contributed by atoms with Crippen molar-refractivity contribution in [3.8, 4) is 0 Å². The molecule has 0 bridgehead atoms. The highest BCUT2D eigenvalue weighted by Gasteiger charge is 2.08. The zero-order valence-corrected chi connectivity index (χ0v) is 13.1. The van der Waals surface area contributed by atoms with E-state index in [1.54, 1.807) is 6.08 Å². The molecule has 0 saturated heterocycles. The molecule has 2 rings (SSSR count). The van der Waals surface area contributed by atoms with E-state index in [0.29, 0.717) is 5.01 Å². The number of hydrogen-bond donors (Lipinski definition) is 2. The Balaban J connectivity index is 1.88. The van der Waals surface area contributed by atoms with Crippen molar-refractivity contribution in [2.45, 2.75) is 6.54 Å². The summed E-state index contributed by atoms with van der Waals surface area (Å²) in [5, 5.41) is 13.4. The van der Waals surface area contributed by atoms with Crippen LogP contribution in [0.15, 0.2) is 40.2 Å². The van der Waals surface area contributed by atoms with Crippen molar-refractivity contribution in [1.82, 2.24) is 10.3 Å². The number of benzene rings is 1. The molecule has 1 heterocycles. The summed E-state index contributed by atoms with van der Waals surface area (Å²) in [6, 6.07) is 7.56. The minimum Gasteiger partial charge on any atom is -0.476 e. The lowest BCUT2D eigenvalue weighted by molar-refractivity contribution is -0.116. The van der Waals surface area contributed by atoms with Crippen LogP contribution < -0.4 is 5.32 Å². The van der Waals surface area contributed by atoms with Crippen LogP contribution >= 0.6 is 27.3 Å². The van der Waals surface area contributed by atoms with Crippen LogP contribution in [0.25, 0.3) is 6.08 Å². The van der Waals surface area contributed by atoms with Gasteiger partial charge in [0.1, 0.15) is 5.01 Å². The van der Waals surface area contributed by atoms with Gasteiger partial charge in [0.05, 0.1) is 6.54 Å². The Morgan fingerprint density at radius 3 is 2.90 bits per heavy atom. The lowest BCUT2D eigenvalue weighted by Gasteiger charge is -1.98. The van der Waals surface area contributed by atoms with E-state index < -0.39 is 5.97 Å². The van der Waals surface area contributed by atoms with Crippen molar-refractivity contribution < 1.29 is 14.7 Å². The molecule has 21 heavy (non-hydrogen) atoms. The number of aromatic carboxylic acids is 1. The van der Waals surface area contributed by atoms with Crippen molar-refractivity contribution in [1.29, 1.82) is 0 Å². The fourth-order valence-electron chi connectivity index (χ4n) is 1.49. The van der Waals surface area contributed by atoms with Crippen LogP contribution in [-0.2, 0) is 11.3 Å². The lowest BCUT2D eigenvalue weighted by atomic mass is 10.2. The molecule has 0 saturated carbocycles. The maximum Gasteiger partial charge on any atom is 0.355 e. The summed E-state index contributed by atoms with van der Waals surface area (Å²) in [4.78, 5) is 26.2. The number of rotatable bonds is 5. The summed E-state index contributed by atoms with van der Waals surface area (Å²) in [6.07, 6.45) is 3.12. The molecule has 1 aromatic carbocycles. The van der Waals surface area contributed by atoms with Crippen LogP contribution in [0.4, 0.5) is 0 Å². The molecule has 0 spiro atoms. The summed E-state index contributed by atoms with van der Waals surface area (Å²) in [6.45, 7) is 0.208. The van der Waals surface area contributed by atoms with Gasteiger partial charge >= 0.3 is 5.97 Å². The molecular formula is C14H11BrN2O3S. The third-order valence-electron chi connectivity index (χ3n) is 2.46. The Labute approximate surface area is 133 Å². The minimum absolute atomic E-state index is 0.00562. The fraction of sp³-hybridized carbons (Fsp3) is 0.0714. The molecule has 2 N–H and O–H groups in total. The van der Waals surface area contributed by atoms with E-state index in [0.717, 1.165) is 10.0 Å². The summed E-state index contributed by atoms with van der Waals surface area (Å²) in [5.41, 5.74) is 0.899. The van der Waals surface area contributed by atoms with Crippen molar-refractivity contribution in [2.24, 2.45) is 0 Å². The number of aromatic nitrogens is 1. The van der Waals surface area contributed by atoms with Crippen molar-refractivity contribution in [2.75, 3.05) is 0 Å². The molecule has 0 aliphatic rings. The normalized spacial score (nSPS) is 10.7. The number of amides is 1. The number of nitrogens with zero attached hydrogens (tertiary/aromatic N) is 1. The maximum absolute atomic E-state index is 11.7. The van der Waals surface area contributed by atoms with Crippen molar-refractivity contribution in [3.05, 3.63) is 56.5 Å². The van der Waals surface area contributed by atoms with E-state index in [1.165, 1.54) is 22.8 Å². The first-order valence-corrected chi connectivity index (χ1v) is 7.61. The van der Waals surface area contributed by atoms with E-state index in [9.17, 15) is 9.59 Å². The molecule has 1 amide bonds. The second-order valence-electron chi connectivity index (χ2n) is 4.04. The zero-order valence-electron chi connectivity index (χ0n) is 10.7. The SMILES string of the molecule is O=C(C=Cc1cccc(Br)c1)NCc1nc(C(=O)O)cs1. The lowest BCUT2D eigenvalue weighted by Crippen LogP contribution is -2.20. The zero-order chi connectivity index (χ0) is 15.2. The van der Waals surface area contributed by atoms with Gasteiger partial charge in [0, 0.05) is 15.9 Å². The van der Waals surface area contributed by atoms with Gasteiger partial charge in [-0.05, 0) is 23.8 Å². The van der Waals surface area contributed by atoms with Gasteiger partial charge < -0.3 is 10.4 Å². The predicted molar refractivity (Wildman–Crippen MR) is 84.1 cm³/mol. The van der Waals surface area contributed by atoms with Crippen LogP contribution in [0, 0.1) is 0 Å². The van der Waals surface area contributed by atoms with Gasteiger partial charge in [0.15, 0.2) is 5.69 Å². The molecule has 0 fully saturated rings. The van der Waals surface area contributed by atoms with Gasteiger partial charge in [-0.25, -0.2) is 9.78 Å². The highest BCUT2D eigenvalue weighted by molar-refractivity contribution is 9.10. The predicted octanol–water partition coefficient (Wildman–Crippen LogP) is 2.93. The average molecular weight is 367 g/mol. The van der Waals surface area contributed by atoms with Gasteiger partial charge in [-0.15, -0.1) is 11.3 Å². The van der Waals surface area contributed by atoms with Crippen LogP contribution in [0.3, 0.4) is 0 Å². The number of thiazole rings is 1. The molecule has 0 aliphatic heterocycles. The van der Waals surface area contributed by atoms with E-state index >= 15 is 0 Å². The van der Waals surface area contributed by atoms with E-state index in [4.69, 9.17) is 5.11 Å². The highest BCUT2D eigenvalue weighted by atomic mass is 79.9. The molecule has 108 valence electrons. The Bertz CT molecular complexity index is 697. The van der Waals surface area contributed by atoms with Gasteiger partial charge in [0.2, 0.25) is 5.91 Å². The first kappa shape index (κ1) is 15.4. The Morgan fingerprint density at radius 1 is 1.43 bits per heavy atom. The van der Waals surface area contributed by atoms with Gasteiger partial charge in [-0.2, -0.15) is 0 Å². The molecule has 0 atom stereocenters. The number of carboxylic acids is 1. The van der Waals surface area contributed by atoms with Crippen LogP contribution in [0.5, 0.6) is 0 Å². The average Bonchev–Trinajstić information content (AvgIpc) is 2.92. The topological polar surface area (TPSA) is 79.3 Å². The number of carbonyl (C=O) groups excluding carboxylic acids is 1. The van der Waals surface area contributed by atoms with Crippen molar-refractivity contribution >= 4 is 45.2 Å². The third-order valence-corrected chi connectivity index (χ3v) is 3.80. The molecule has 0 aliphatic carbocycles. The van der Waals surface area contributed by atoms with E-state index in [1.807, 2.05) is 24.3 Å². The second-order valence-corrected chi connectivity index (χ2v) is 5.90. The van der Waals surface area contributed by atoms with E-state index in [2.05, 4.69) is 26.2 Å². The fourth-order valence-corrected chi connectivity index (χ4v) is 2.62.